The van der Waals surface area contributed by atoms with E-state index in [2.05, 4.69) is 23.8 Å². The number of halogens is 1. The van der Waals surface area contributed by atoms with Crippen molar-refractivity contribution in [3.63, 3.8) is 0 Å². The number of carboxylic acids is 1. The molecule has 2 rings (SSSR count). The lowest BCUT2D eigenvalue weighted by Crippen LogP contribution is -2.44. The first kappa shape index (κ1) is 21.0. The number of carbonyl (C=O) groups is 1. The van der Waals surface area contributed by atoms with E-state index >= 15 is 0 Å². The second-order valence-corrected chi connectivity index (χ2v) is 7.56. The molecule has 0 heterocycles. The lowest BCUT2D eigenvalue weighted by Gasteiger charge is -2.41. The molecule has 1 aliphatic carbocycles. The van der Waals surface area contributed by atoms with Gasteiger partial charge in [-0.3, -0.25) is 0 Å². The minimum absolute atomic E-state index is 0.291. The average Bonchev–Trinajstić information content (AvgIpc) is 2.63. The molecule has 1 fully saturated rings. The second-order valence-electron chi connectivity index (χ2n) is 7.12. The van der Waals surface area contributed by atoms with Gasteiger partial charge in [-0.2, -0.15) is 0 Å². The van der Waals surface area contributed by atoms with Gasteiger partial charge < -0.3 is 19.6 Å². The van der Waals surface area contributed by atoms with Gasteiger partial charge in [-0.05, 0) is 64.3 Å². The van der Waals surface area contributed by atoms with Crippen molar-refractivity contribution < 1.29 is 14.6 Å². The first-order valence-corrected chi connectivity index (χ1v) is 9.76. The molecule has 0 bridgehead atoms. The van der Waals surface area contributed by atoms with Crippen LogP contribution in [0.2, 0.25) is 5.02 Å². The number of carboxylic acid groups (broad SMARTS) is 1. The molecule has 1 N–H and O–H groups in total. The summed E-state index contributed by atoms with van der Waals surface area (Å²) in [7, 11) is 3.91. The van der Waals surface area contributed by atoms with E-state index in [0.717, 1.165) is 56.6 Å². The minimum Gasteiger partial charge on any atom is -0.478 e. The van der Waals surface area contributed by atoms with Gasteiger partial charge in [0.05, 0.1) is 12.2 Å². The Morgan fingerprint density at radius 3 is 2.42 bits per heavy atom. The zero-order chi connectivity index (χ0) is 19.3. The third kappa shape index (κ3) is 4.90. The predicted octanol–water partition coefficient (Wildman–Crippen LogP) is 4.06. The van der Waals surface area contributed by atoms with Gasteiger partial charge in [0, 0.05) is 43.0 Å². The van der Waals surface area contributed by atoms with Gasteiger partial charge in [0.25, 0.3) is 0 Å². The van der Waals surface area contributed by atoms with Gasteiger partial charge in [0.1, 0.15) is 0 Å². The van der Waals surface area contributed by atoms with Gasteiger partial charge in [-0.25, -0.2) is 4.79 Å². The van der Waals surface area contributed by atoms with E-state index < -0.39 is 5.97 Å². The molecule has 0 amide bonds. The Morgan fingerprint density at radius 2 is 1.88 bits per heavy atom. The maximum Gasteiger partial charge on any atom is 0.336 e. The number of ether oxygens (including phenoxy) is 1. The zero-order valence-corrected chi connectivity index (χ0v) is 17.1. The van der Waals surface area contributed by atoms with E-state index in [4.69, 9.17) is 16.3 Å². The quantitative estimate of drug-likeness (QED) is 0.734. The fourth-order valence-corrected chi connectivity index (χ4v) is 4.25. The van der Waals surface area contributed by atoms with Crippen LogP contribution in [0.25, 0.3) is 0 Å². The molecule has 0 atom stereocenters. The highest BCUT2D eigenvalue weighted by molar-refractivity contribution is 6.31. The molecule has 0 spiro atoms. The molecule has 1 saturated carbocycles. The Kier molecular flexibility index (Phi) is 7.74. The maximum absolute atomic E-state index is 11.5. The standard InChI is InChI=1S/C20H31ClN2O3/c1-5-23(19-13-15(21)12-18(14(19)2)20(24)25)17-8-6-16(7-9-17)22(3)10-11-26-4/h12-13,16-17H,5-11H2,1-4H3,(H,24,25). The molecule has 0 unspecified atom stereocenters. The summed E-state index contributed by atoms with van der Waals surface area (Å²) in [5.41, 5.74) is 2.04. The largest absolute Gasteiger partial charge is 0.478 e. The molecule has 146 valence electrons. The van der Waals surface area contributed by atoms with E-state index in [0.29, 0.717) is 22.7 Å². The second kappa shape index (κ2) is 9.58. The van der Waals surface area contributed by atoms with Gasteiger partial charge >= 0.3 is 5.97 Å². The topological polar surface area (TPSA) is 53.0 Å². The summed E-state index contributed by atoms with van der Waals surface area (Å²) in [6.45, 7) is 6.56. The average molecular weight is 383 g/mol. The molecular formula is C20H31ClN2O3. The number of benzene rings is 1. The number of hydrogen-bond acceptors (Lipinski definition) is 4. The number of nitrogens with zero attached hydrogens (tertiary/aromatic N) is 2. The van der Waals surface area contributed by atoms with E-state index in [9.17, 15) is 9.90 Å². The Bertz CT molecular complexity index is 615. The van der Waals surface area contributed by atoms with Crippen molar-refractivity contribution in [1.29, 1.82) is 0 Å². The summed E-state index contributed by atoms with van der Waals surface area (Å²) in [6, 6.07) is 4.46. The molecule has 0 radical (unpaired) electrons. The van der Waals surface area contributed by atoms with Crippen LogP contribution in [0.5, 0.6) is 0 Å². The van der Waals surface area contributed by atoms with Crippen molar-refractivity contribution in [2.24, 2.45) is 0 Å². The zero-order valence-electron chi connectivity index (χ0n) is 16.3. The molecule has 1 aliphatic rings. The van der Waals surface area contributed by atoms with Crippen LogP contribution in [0.1, 0.15) is 48.5 Å². The third-order valence-corrected chi connectivity index (χ3v) is 5.82. The summed E-state index contributed by atoms with van der Waals surface area (Å²) in [5.74, 6) is -0.925. The molecule has 0 aromatic heterocycles. The van der Waals surface area contributed by atoms with Crippen LogP contribution in [0.15, 0.2) is 12.1 Å². The minimum atomic E-state index is -0.925. The lowest BCUT2D eigenvalue weighted by atomic mass is 9.88. The molecule has 5 nitrogen and oxygen atoms in total. The van der Waals surface area contributed by atoms with E-state index in [-0.39, 0.29) is 0 Å². The van der Waals surface area contributed by atoms with Gasteiger partial charge in [-0.1, -0.05) is 11.6 Å². The normalized spacial score (nSPS) is 20.4. The van der Waals surface area contributed by atoms with Crippen LogP contribution in [0, 0.1) is 6.92 Å². The molecule has 1 aromatic rings. The van der Waals surface area contributed by atoms with Crippen molar-refractivity contribution in [2.45, 2.75) is 51.6 Å². The van der Waals surface area contributed by atoms with E-state index in [1.807, 2.05) is 13.0 Å². The predicted molar refractivity (Wildman–Crippen MR) is 107 cm³/mol. The Labute approximate surface area is 161 Å². The fraction of sp³-hybridized carbons (Fsp3) is 0.650. The molecule has 6 heteroatoms. The SMILES string of the molecule is CCN(c1cc(Cl)cc(C(=O)O)c1C)C1CCC(N(C)CCOC)CC1. The van der Waals surface area contributed by atoms with Crippen molar-refractivity contribution >= 4 is 23.3 Å². The van der Waals surface area contributed by atoms with Crippen LogP contribution in [-0.4, -0.2) is 61.9 Å². The van der Waals surface area contributed by atoms with E-state index in [1.165, 1.54) is 6.07 Å². The molecular weight excluding hydrogens is 352 g/mol. The highest BCUT2D eigenvalue weighted by atomic mass is 35.5. The van der Waals surface area contributed by atoms with Crippen LogP contribution >= 0.6 is 11.6 Å². The van der Waals surface area contributed by atoms with Crippen molar-refractivity contribution in [1.82, 2.24) is 4.90 Å². The first-order chi connectivity index (χ1) is 12.4. The highest BCUT2D eigenvalue weighted by Gasteiger charge is 2.28. The maximum atomic E-state index is 11.5. The third-order valence-electron chi connectivity index (χ3n) is 5.60. The summed E-state index contributed by atoms with van der Waals surface area (Å²) in [6.07, 6.45) is 4.49. The lowest BCUT2D eigenvalue weighted by molar-refractivity contribution is 0.0696. The van der Waals surface area contributed by atoms with Gasteiger partial charge in [0.2, 0.25) is 0 Å². The number of methoxy groups -OCH3 is 1. The smallest absolute Gasteiger partial charge is 0.336 e. The first-order valence-electron chi connectivity index (χ1n) is 9.38. The van der Waals surface area contributed by atoms with Crippen molar-refractivity contribution in [3.8, 4) is 0 Å². The van der Waals surface area contributed by atoms with Crippen molar-refractivity contribution in [3.05, 3.63) is 28.3 Å². The van der Waals surface area contributed by atoms with Gasteiger partial charge in [-0.15, -0.1) is 0 Å². The summed E-state index contributed by atoms with van der Waals surface area (Å²) < 4.78 is 5.18. The molecule has 1 aromatic carbocycles. The highest BCUT2D eigenvalue weighted by Crippen LogP contribution is 2.34. The number of aromatic carboxylic acids is 1. The van der Waals surface area contributed by atoms with Crippen LogP contribution in [0.4, 0.5) is 5.69 Å². The summed E-state index contributed by atoms with van der Waals surface area (Å²) >= 11 is 6.21. The Hall–Kier alpha value is -1.30. The Balaban J connectivity index is 2.12. The van der Waals surface area contributed by atoms with Crippen LogP contribution in [0.3, 0.4) is 0 Å². The Morgan fingerprint density at radius 1 is 1.27 bits per heavy atom. The number of anilines is 1. The fourth-order valence-electron chi connectivity index (χ4n) is 4.04. The molecule has 0 saturated heterocycles. The molecule has 26 heavy (non-hydrogen) atoms. The monoisotopic (exact) mass is 382 g/mol. The van der Waals surface area contributed by atoms with Crippen molar-refractivity contribution in [2.75, 3.05) is 38.8 Å². The summed E-state index contributed by atoms with van der Waals surface area (Å²) in [5, 5.41) is 9.93. The van der Waals surface area contributed by atoms with Gasteiger partial charge in [0.15, 0.2) is 0 Å². The van der Waals surface area contributed by atoms with Crippen LogP contribution < -0.4 is 4.90 Å². The molecule has 0 aliphatic heterocycles. The van der Waals surface area contributed by atoms with E-state index in [1.54, 1.807) is 7.11 Å². The van der Waals surface area contributed by atoms with Crippen LogP contribution in [-0.2, 0) is 4.74 Å². The summed E-state index contributed by atoms with van der Waals surface area (Å²) in [4.78, 5) is 16.2. The number of hydrogen-bond donors (Lipinski definition) is 1. The number of rotatable bonds is 8. The number of likely N-dealkylation sites (N-methyl/N-ethyl adjacent to an activating group) is 1.